The minimum Gasteiger partial charge on any atom is -0.309 e. The summed E-state index contributed by atoms with van der Waals surface area (Å²) in [4.78, 5) is 12.9. The first kappa shape index (κ1) is 14.7. The number of benzene rings is 1. The zero-order valence-corrected chi connectivity index (χ0v) is 11.0. The molecule has 0 aromatic heterocycles. The van der Waals surface area contributed by atoms with Gasteiger partial charge in [-0.25, -0.2) is 0 Å². The molecule has 1 unspecified atom stereocenters. The first-order valence-electron chi connectivity index (χ1n) is 5.90. The Labute approximate surface area is 118 Å². The van der Waals surface area contributed by atoms with Crippen LogP contribution in [0.2, 0.25) is 5.02 Å². The smallest absolute Gasteiger partial charge is 0.309 e. The molecule has 1 aliphatic rings. The molecule has 0 bridgehead atoms. The van der Waals surface area contributed by atoms with E-state index in [0.717, 1.165) is 4.90 Å². The molecule has 0 radical (unpaired) electrons. The number of hydrogen-bond acceptors (Lipinski definition) is 2. The SMILES string of the molecule is N#Cc1ccc(N2C(=O)CCC2CC(F)(F)F)cc1Cl. The van der Waals surface area contributed by atoms with Gasteiger partial charge in [0.05, 0.1) is 17.0 Å². The molecule has 1 aromatic rings. The predicted octanol–water partition coefficient (Wildman–Crippen LogP) is 3.66. The van der Waals surface area contributed by atoms with E-state index >= 15 is 0 Å². The molecule has 1 saturated heterocycles. The Morgan fingerprint density at radius 3 is 2.70 bits per heavy atom. The molecule has 1 atom stereocenters. The van der Waals surface area contributed by atoms with E-state index in [9.17, 15) is 18.0 Å². The second-order valence-electron chi connectivity index (χ2n) is 4.55. The molecule has 1 aliphatic heterocycles. The van der Waals surface area contributed by atoms with Crippen LogP contribution < -0.4 is 4.90 Å². The Morgan fingerprint density at radius 2 is 2.15 bits per heavy atom. The van der Waals surface area contributed by atoms with Gasteiger partial charge in [0.1, 0.15) is 6.07 Å². The second kappa shape index (κ2) is 5.33. The van der Waals surface area contributed by atoms with Crippen molar-refractivity contribution < 1.29 is 18.0 Å². The fourth-order valence-electron chi connectivity index (χ4n) is 2.30. The average Bonchev–Trinajstić information content (AvgIpc) is 2.68. The second-order valence-corrected chi connectivity index (χ2v) is 4.96. The molecule has 0 aliphatic carbocycles. The topological polar surface area (TPSA) is 44.1 Å². The van der Waals surface area contributed by atoms with Crippen molar-refractivity contribution >= 4 is 23.2 Å². The van der Waals surface area contributed by atoms with Crippen molar-refractivity contribution in [1.29, 1.82) is 5.26 Å². The maximum Gasteiger partial charge on any atom is 0.391 e. The van der Waals surface area contributed by atoms with Crippen molar-refractivity contribution in [3.63, 3.8) is 0 Å². The largest absolute Gasteiger partial charge is 0.391 e. The van der Waals surface area contributed by atoms with E-state index in [-0.39, 0.29) is 29.3 Å². The standard InChI is InChI=1S/C13H10ClF3N2O/c14-11-5-9(2-1-8(11)7-18)19-10(3-4-12(19)20)6-13(15,16)17/h1-2,5,10H,3-4,6H2. The summed E-state index contributed by atoms with van der Waals surface area (Å²) < 4.78 is 37.5. The van der Waals surface area contributed by atoms with E-state index in [0.29, 0.717) is 5.69 Å². The van der Waals surface area contributed by atoms with Gasteiger partial charge < -0.3 is 4.90 Å². The van der Waals surface area contributed by atoms with Crippen LogP contribution in [0.1, 0.15) is 24.8 Å². The van der Waals surface area contributed by atoms with Crippen LogP contribution in [0.5, 0.6) is 0 Å². The number of nitrogens with zero attached hydrogens (tertiary/aromatic N) is 2. The van der Waals surface area contributed by atoms with Crippen LogP contribution in [0.25, 0.3) is 0 Å². The number of carbonyl (C=O) groups excluding carboxylic acids is 1. The van der Waals surface area contributed by atoms with Crippen LogP contribution in [0.3, 0.4) is 0 Å². The fraction of sp³-hybridized carbons (Fsp3) is 0.385. The van der Waals surface area contributed by atoms with E-state index < -0.39 is 18.6 Å². The average molecular weight is 303 g/mol. The van der Waals surface area contributed by atoms with Gasteiger partial charge in [-0.05, 0) is 24.6 Å². The first-order chi connectivity index (χ1) is 9.31. The lowest BCUT2D eigenvalue weighted by Gasteiger charge is -2.26. The number of halogens is 4. The lowest BCUT2D eigenvalue weighted by atomic mass is 10.1. The molecule has 106 valence electrons. The summed E-state index contributed by atoms with van der Waals surface area (Å²) >= 11 is 5.85. The van der Waals surface area contributed by atoms with E-state index in [4.69, 9.17) is 16.9 Å². The highest BCUT2D eigenvalue weighted by molar-refractivity contribution is 6.32. The summed E-state index contributed by atoms with van der Waals surface area (Å²) in [5, 5.41) is 8.89. The van der Waals surface area contributed by atoms with Crippen molar-refractivity contribution in [2.75, 3.05) is 4.90 Å². The van der Waals surface area contributed by atoms with E-state index in [1.54, 1.807) is 0 Å². The maximum atomic E-state index is 12.5. The zero-order chi connectivity index (χ0) is 14.9. The van der Waals surface area contributed by atoms with Crippen LogP contribution in [0.4, 0.5) is 18.9 Å². The highest BCUT2D eigenvalue weighted by Gasteiger charge is 2.40. The molecule has 7 heteroatoms. The molecule has 0 N–H and O–H groups in total. The number of hydrogen-bond donors (Lipinski definition) is 0. The lowest BCUT2D eigenvalue weighted by Crippen LogP contribution is -2.36. The molecule has 0 spiro atoms. The van der Waals surface area contributed by atoms with Crippen molar-refractivity contribution in [2.24, 2.45) is 0 Å². The molecule has 20 heavy (non-hydrogen) atoms. The van der Waals surface area contributed by atoms with Crippen LogP contribution in [-0.2, 0) is 4.79 Å². The Bertz CT molecular complexity index is 580. The van der Waals surface area contributed by atoms with Gasteiger partial charge in [0.2, 0.25) is 5.91 Å². The molecule has 1 fully saturated rings. The summed E-state index contributed by atoms with van der Waals surface area (Å²) in [5.41, 5.74) is 0.514. The van der Waals surface area contributed by atoms with Crippen molar-refractivity contribution in [3.8, 4) is 6.07 Å². The Hall–Kier alpha value is -1.74. The van der Waals surface area contributed by atoms with Crippen LogP contribution in [0.15, 0.2) is 18.2 Å². The molecule has 1 amide bonds. The van der Waals surface area contributed by atoms with Crippen molar-refractivity contribution in [3.05, 3.63) is 28.8 Å². The summed E-state index contributed by atoms with van der Waals surface area (Å²) in [5.74, 6) is -0.361. The molecular weight excluding hydrogens is 293 g/mol. The van der Waals surface area contributed by atoms with Gasteiger partial charge in [0, 0.05) is 18.2 Å². The molecule has 3 nitrogen and oxygen atoms in total. The van der Waals surface area contributed by atoms with Crippen LogP contribution in [-0.4, -0.2) is 18.1 Å². The Balaban J connectivity index is 2.31. The number of carbonyl (C=O) groups is 1. The molecule has 1 heterocycles. The van der Waals surface area contributed by atoms with Gasteiger partial charge in [0.15, 0.2) is 0 Å². The zero-order valence-electron chi connectivity index (χ0n) is 10.2. The van der Waals surface area contributed by atoms with Crippen LogP contribution in [0, 0.1) is 11.3 Å². The number of nitriles is 1. The first-order valence-corrected chi connectivity index (χ1v) is 6.28. The summed E-state index contributed by atoms with van der Waals surface area (Å²) in [6.07, 6.45) is -5.13. The predicted molar refractivity (Wildman–Crippen MR) is 67.3 cm³/mol. The van der Waals surface area contributed by atoms with E-state index in [2.05, 4.69) is 0 Å². The number of amides is 1. The third-order valence-corrected chi connectivity index (χ3v) is 3.46. The molecule has 2 rings (SSSR count). The minimum atomic E-state index is -4.33. The lowest BCUT2D eigenvalue weighted by molar-refractivity contribution is -0.138. The van der Waals surface area contributed by atoms with Crippen molar-refractivity contribution in [2.45, 2.75) is 31.5 Å². The number of alkyl halides is 3. The third kappa shape index (κ3) is 3.05. The minimum absolute atomic E-state index is 0.0817. The highest BCUT2D eigenvalue weighted by atomic mass is 35.5. The maximum absolute atomic E-state index is 12.5. The summed E-state index contributed by atoms with van der Waals surface area (Å²) in [7, 11) is 0. The summed E-state index contributed by atoms with van der Waals surface area (Å²) in [6.45, 7) is 0. The van der Waals surface area contributed by atoms with Gasteiger partial charge in [-0.1, -0.05) is 11.6 Å². The fourth-order valence-corrected chi connectivity index (χ4v) is 2.52. The van der Waals surface area contributed by atoms with E-state index in [1.807, 2.05) is 6.07 Å². The summed E-state index contributed by atoms with van der Waals surface area (Å²) in [6, 6.07) is 5.14. The molecular formula is C13H10ClF3N2O. The van der Waals surface area contributed by atoms with Gasteiger partial charge in [0.25, 0.3) is 0 Å². The Morgan fingerprint density at radius 1 is 1.45 bits per heavy atom. The normalized spacial score (nSPS) is 19.2. The molecule has 0 saturated carbocycles. The van der Waals surface area contributed by atoms with E-state index in [1.165, 1.54) is 18.2 Å². The van der Waals surface area contributed by atoms with Gasteiger partial charge in [-0.3, -0.25) is 4.79 Å². The van der Waals surface area contributed by atoms with Gasteiger partial charge in [-0.2, -0.15) is 18.4 Å². The Kier molecular flexibility index (Phi) is 3.91. The quantitative estimate of drug-likeness (QED) is 0.837. The van der Waals surface area contributed by atoms with Gasteiger partial charge >= 0.3 is 6.18 Å². The van der Waals surface area contributed by atoms with Crippen LogP contribution >= 0.6 is 11.6 Å². The number of rotatable bonds is 2. The molecule has 1 aromatic carbocycles. The van der Waals surface area contributed by atoms with Crippen molar-refractivity contribution in [1.82, 2.24) is 0 Å². The number of anilines is 1. The monoisotopic (exact) mass is 302 g/mol. The van der Waals surface area contributed by atoms with Gasteiger partial charge in [-0.15, -0.1) is 0 Å². The highest BCUT2D eigenvalue weighted by Crippen LogP contribution is 2.35. The third-order valence-electron chi connectivity index (χ3n) is 3.14.